The fourth-order valence-corrected chi connectivity index (χ4v) is 0. The first-order valence-electron chi connectivity index (χ1n) is 0. The van der Waals surface area contributed by atoms with Crippen LogP contribution in [0.3, 0.4) is 0 Å². The second-order valence-corrected chi connectivity index (χ2v) is 0. The summed E-state index contributed by atoms with van der Waals surface area (Å²) < 4.78 is 0. The zero-order valence-corrected chi connectivity index (χ0v) is 7.95. The maximum atomic E-state index is 0. The molecule has 4 heavy (non-hydrogen) atoms. The van der Waals surface area contributed by atoms with E-state index >= 15 is 0 Å². The number of hydrogen-bond acceptors (Lipinski definition) is 3. The van der Waals surface area contributed by atoms with Crippen LogP contribution in [0.25, 0.3) is 0 Å². The monoisotopic (exact) mass is 308 g/mol. The fraction of sp³-hybridized carbons (Fsp3) is 0. The van der Waals surface area contributed by atoms with E-state index in [-0.39, 0.29) is 66.7 Å². The van der Waals surface area contributed by atoms with Crippen molar-refractivity contribution >= 4 is 66.7 Å². The molecule has 0 fully saturated rings. The Kier molecular flexibility index (Phi) is 197. The summed E-state index contributed by atoms with van der Waals surface area (Å²) in [7, 11) is 0. The minimum atomic E-state index is 0. The quantitative estimate of drug-likeness (QED) is 0.314. The molecule has 26 valence electrons. The predicted molar refractivity (Wildman–Crippen MR) is 32.0 cm³/mol. The van der Waals surface area contributed by atoms with Crippen molar-refractivity contribution in [1.29, 1.82) is 0 Å². The van der Waals surface area contributed by atoms with Crippen molar-refractivity contribution < 1.29 is 0 Å². The molecule has 0 amide bonds. The zero-order valence-electron chi connectivity index (χ0n) is 1.79. The van der Waals surface area contributed by atoms with E-state index in [1.165, 1.54) is 0 Å². The van der Waals surface area contributed by atoms with Gasteiger partial charge in [-0.3, -0.25) is 0 Å². The van der Waals surface area contributed by atoms with Gasteiger partial charge in [0.05, 0.1) is 0 Å². The number of hydrogen-bond donors (Lipinski definition) is 0. The van der Waals surface area contributed by atoms with Gasteiger partial charge < -0.3 is 40.5 Å². The second kappa shape index (κ2) is 20.4. The molecule has 0 aliphatic rings. The molecule has 0 N–H and O–H groups in total. The third-order valence-corrected chi connectivity index (χ3v) is 0. The van der Waals surface area contributed by atoms with E-state index in [9.17, 15) is 0 Å². The van der Waals surface area contributed by atoms with Crippen LogP contribution < -0.4 is 0 Å². The van der Waals surface area contributed by atoms with Gasteiger partial charge in [-0.1, -0.05) is 0 Å². The third-order valence-electron chi connectivity index (χ3n) is 0. The van der Waals surface area contributed by atoms with E-state index in [0.717, 1.165) is 0 Å². The normalized spacial score (nSPS) is 0. The summed E-state index contributed by atoms with van der Waals surface area (Å²) in [6.07, 6.45) is 0. The van der Waals surface area contributed by atoms with E-state index in [4.69, 9.17) is 0 Å². The van der Waals surface area contributed by atoms with E-state index < -0.39 is 0 Å². The first-order valence-corrected chi connectivity index (χ1v) is 0. The molecule has 0 aliphatic carbocycles. The topological polar surface area (TPSA) is 0 Å². The van der Waals surface area contributed by atoms with Crippen LogP contribution in [0.5, 0.6) is 0 Å². The first-order chi connectivity index (χ1) is 0. The van der Waals surface area contributed by atoms with E-state index in [0.29, 0.717) is 0 Å². The minimum absolute atomic E-state index is 0. The largest absolute Gasteiger partial charge is 3.00 e. The van der Waals surface area contributed by atoms with Crippen LogP contribution in [0.2, 0.25) is 0 Å². The molecule has 0 spiro atoms. The molecule has 0 saturated heterocycles. The van der Waals surface area contributed by atoms with Crippen molar-refractivity contribution in [3.8, 4) is 0 Å². The molecule has 0 aliphatic heterocycles. The Balaban J connectivity index is 0. The summed E-state index contributed by atoms with van der Waals surface area (Å²) in [4.78, 5) is 0. The Labute approximate surface area is 66.2 Å². The maximum Gasteiger partial charge on any atom is 3.00 e. The first kappa shape index (κ1) is 38.6. The van der Waals surface area contributed by atoms with Crippen LogP contribution in [-0.4, -0.2) is 26.2 Å². The van der Waals surface area contributed by atoms with Crippen LogP contribution in [0.4, 0.5) is 0 Å². The summed E-state index contributed by atoms with van der Waals surface area (Å²) >= 11 is 0. The maximum absolute atomic E-state index is 0. The van der Waals surface area contributed by atoms with Gasteiger partial charge in [0.2, 0.25) is 0 Å². The molecule has 4 heteroatoms. The van der Waals surface area contributed by atoms with E-state index in [1.807, 2.05) is 0 Å². The molecule has 2 radical (unpaired) electrons. The molecule has 0 saturated carbocycles. The molecular formula is H3BiS3. The van der Waals surface area contributed by atoms with Crippen LogP contribution in [-0.2, 0) is 40.5 Å². The number of rotatable bonds is 0. The minimum Gasteiger partial charge on any atom is -0.813 e. The number of thiol groups is 3. The average molecular weight is 308 g/mol. The van der Waals surface area contributed by atoms with Gasteiger partial charge in [-0.15, -0.1) is 0 Å². The van der Waals surface area contributed by atoms with Gasteiger partial charge in [0.15, 0.2) is 0 Å². The SMILES string of the molecule is [Bi+3].[SH-].[SH-].[SH-]. The Bertz CT molecular complexity index is 3.25. The van der Waals surface area contributed by atoms with Gasteiger partial charge in [0, 0.05) is 0 Å². The molecule has 0 bridgehead atoms. The summed E-state index contributed by atoms with van der Waals surface area (Å²) in [5, 5.41) is 0. The Hall–Kier alpha value is 1.93. The molecule has 0 nitrogen and oxygen atoms in total. The molecule has 0 aromatic heterocycles. The molecule has 0 atom stereocenters. The van der Waals surface area contributed by atoms with E-state index in [2.05, 4.69) is 0 Å². The summed E-state index contributed by atoms with van der Waals surface area (Å²) in [5.74, 6) is 0. The Morgan fingerprint density at radius 3 is 0.500 bits per heavy atom. The van der Waals surface area contributed by atoms with Crippen molar-refractivity contribution in [3.63, 3.8) is 0 Å². The Morgan fingerprint density at radius 2 is 0.500 bits per heavy atom. The second-order valence-electron chi connectivity index (χ2n) is 0. The average Bonchev–Trinajstić information content (AvgIpc) is 0. The van der Waals surface area contributed by atoms with Crippen molar-refractivity contribution in [2.45, 2.75) is 0 Å². The molecule has 0 aromatic rings. The van der Waals surface area contributed by atoms with Crippen LogP contribution in [0, 0.1) is 0 Å². The van der Waals surface area contributed by atoms with Crippen LogP contribution >= 0.6 is 0 Å². The van der Waals surface area contributed by atoms with Gasteiger partial charge in [-0.2, -0.15) is 0 Å². The van der Waals surface area contributed by atoms with Gasteiger partial charge in [-0.25, -0.2) is 0 Å². The van der Waals surface area contributed by atoms with Gasteiger partial charge in [-0.05, 0) is 0 Å². The van der Waals surface area contributed by atoms with Crippen LogP contribution in [0.15, 0.2) is 0 Å². The summed E-state index contributed by atoms with van der Waals surface area (Å²) in [6.45, 7) is 0. The smallest absolute Gasteiger partial charge is 0.813 e. The summed E-state index contributed by atoms with van der Waals surface area (Å²) in [5.41, 5.74) is 0. The molecule has 0 unspecified atom stereocenters. The molecule has 0 aromatic carbocycles. The summed E-state index contributed by atoms with van der Waals surface area (Å²) in [6, 6.07) is 0. The Morgan fingerprint density at radius 1 is 0.500 bits per heavy atom. The standard InChI is InChI=1S/Bi.3H2S/h;3*1H2/q+3;;;/p-3. The third kappa shape index (κ3) is 9.05. The van der Waals surface area contributed by atoms with Gasteiger partial charge in [0.25, 0.3) is 0 Å². The molecule has 0 heterocycles. The molecular weight excluding hydrogens is 305 g/mol. The predicted octanol–water partition coefficient (Wildman–Crippen LogP) is -1.19. The zero-order chi connectivity index (χ0) is 0. The van der Waals surface area contributed by atoms with Crippen molar-refractivity contribution in [3.05, 3.63) is 0 Å². The van der Waals surface area contributed by atoms with Crippen molar-refractivity contribution in [2.24, 2.45) is 0 Å². The van der Waals surface area contributed by atoms with Gasteiger partial charge >= 0.3 is 26.2 Å². The van der Waals surface area contributed by atoms with Gasteiger partial charge in [0.1, 0.15) is 0 Å². The van der Waals surface area contributed by atoms with Crippen molar-refractivity contribution in [2.75, 3.05) is 0 Å². The van der Waals surface area contributed by atoms with Crippen LogP contribution in [0.1, 0.15) is 0 Å². The van der Waals surface area contributed by atoms with E-state index in [1.54, 1.807) is 0 Å². The molecule has 0 rings (SSSR count). The van der Waals surface area contributed by atoms with Crippen molar-refractivity contribution in [1.82, 2.24) is 0 Å². The fourth-order valence-electron chi connectivity index (χ4n) is 0.